The van der Waals surface area contributed by atoms with Crippen molar-refractivity contribution in [3.8, 4) is 0 Å². The molecule has 5 nitrogen and oxygen atoms in total. The number of Topliss-reactive ketones (excluding diaryl/α,β-unsaturated/α-hetero) is 1. The summed E-state index contributed by atoms with van der Waals surface area (Å²) in [6.07, 6.45) is 1.67. The summed E-state index contributed by atoms with van der Waals surface area (Å²) in [6.45, 7) is 1.79. The number of fused-ring (bicyclic) bond motifs is 1. The Labute approximate surface area is 74.6 Å². The van der Waals surface area contributed by atoms with Gasteiger partial charge in [-0.25, -0.2) is 4.98 Å². The molecule has 0 spiro atoms. The molecular formula is C8H9N3O2. The summed E-state index contributed by atoms with van der Waals surface area (Å²) in [5.74, 6) is -0.354. The van der Waals surface area contributed by atoms with Gasteiger partial charge >= 0.3 is 0 Å². The molecule has 1 aliphatic rings. The quantitative estimate of drug-likeness (QED) is 0.593. The summed E-state index contributed by atoms with van der Waals surface area (Å²) in [6, 6.07) is -0.123. The lowest BCUT2D eigenvalue weighted by Gasteiger charge is -2.06. The molecule has 0 radical (unpaired) electrons. The normalized spacial score (nSPS) is 22.1. The Bertz CT molecular complexity index is 337. The number of imidazole rings is 1. The third kappa shape index (κ3) is 1.22. The first-order valence-electron chi connectivity index (χ1n) is 4.06. The lowest BCUT2D eigenvalue weighted by atomic mass is 10.1. The monoisotopic (exact) mass is 179 g/mol. The molecule has 1 atom stereocenters. The van der Waals surface area contributed by atoms with Gasteiger partial charge in [0.2, 0.25) is 0 Å². The lowest BCUT2D eigenvalue weighted by molar-refractivity contribution is 0.0936. The highest BCUT2D eigenvalue weighted by Gasteiger charge is 2.26. The number of ketones is 1. The molecule has 2 heterocycles. The van der Waals surface area contributed by atoms with E-state index in [0.717, 1.165) is 0 Å². The zero-order valence-electron chi connectivity index (χ0n) is 7.13. The molecule has 0 aromatic carbocycles. The minimum absolute atomic E-state index is 0.0953. The number of hydrogen-bond donors (Lipinski definition) is 2. The van der Waals surface area contributed by atoms with Crippen LogP contribution in [0.5, 0.6) is 0 Å². The predicted octanol–water partition coefficient (Wildman–Crippen LogP) is 0.114. The first-order valence-corrected chi connectivity index (χ1v) is 4.06. The van der Waals surface area contributed by atoms with Crippen LogP contribution in [0.4, 0.5) is 0 Å². The molecule has 0 saturated carbocycles. The van der Waals surface area contributed by atoms with Gasteiger partial charge in [0, 0.05) is 12.5 Å². The fourth-order valence-electron chi connectivity index (χ4n) is 1.40. The van der Waals surface area contributed by atoms with Crippen LogP contribution in [0.2, 0.25) is 0 Å². The number of amides is 1. The van der Waals surface area contributed by atoms with Crippen LogP contribution in [0, 0.1) is 0 Å². The number of nitrogens with one attached hydrogen (secondary N) is 2. The van der Waals surface area contributed by atoms with Crippen molar-refractivity contribution in [3.63, 3.8) is 0 Å². The molecule has 13 heavy (non-hydrogen) atoms. The molecule has 0 saturated heterocycles. The number of rotatable bonds is 0. The lowest BCUT2D eigenvalue weighted by Crippen LogP contribution is -2.31. The Morgan fingerprint density at radius 1 is 1.54 bits per heavy atom. The second-order valence-electron chi connectivity index (χ2n) is 3.13. The van der Waals surface area contributed by atoms with Crippen LogP contribution < -0.4 is 5.32 Å². The summed E-state index contributed by atoms with van der Waals surface area (Å²) in [7, 11) is 0. The fraction of sp³-hybridized carbons (Fsp3) is 0.375. The molecular weight excluding hydrogens is 170 g/mol. The summed E-state index contributed by atoms with van der Waals surface area (Å²) in [4.78, 5) is 29.3. The topological polar surface area (TPSA) is 74.8 Å². The molecule has 1 aliphatic heterocycles. The van der Waals surface area contributed by atoms with Crippen LogP contribution in [-0.4, -0.2) is 27.7 Å². The van der Waals surface area contributed by atoms with E-state index in [2.05, 4.69) is 15.3 Å². The molecule has 2 rings (SSSR count). The fourth-order valence-corrected chi connectivity index (χ4v) is 1.40. The molecule has 0 bridgehead atoms. The van der Waals surface area contributed by atoms with Gasteiger partial charge in [-0.1, -0.05) is 0 Å². The van der Waals surface area contributed by atoms with Crippen molar-refractivity contribution in [1.29, 1.82) is 0 Å². The second-order valence-corrected chi connectivity index (χ2v) is 3.13. The number of aromatic amines is 1. The first kappa shape index (κ1) is 7.97. The summed E-state index contributed by atoms with van der Waals surface area (Å²) in [5, 5.41) is 2.68. The largest absolute Gasteiger partial charge is 0.348 e. The van der Waals surface area contributed by atoms with Gasteiger partial charge in [0.05, 0.1) is 6.33 Å². The van der Waals surface area contributed by atoms with Gasteiger partial charge in [0.15, 0.2) is 5.78 Å². The number of nitrogens with zero attached hydrogens (tertiary/aromatic N) is 1. The molecule has 68 valence electrons. The Morgan fingerprint density at radius 3 is 3.08 bits per heavy atom. The van der Waals surface area contributed by atoms with E-state index < -0.39 is 0 Å². The number of carbonyl (C=O) groups excluding carboxylic acids is 2. The molecule has 1 unspecified atom stereocenters. The number of aromatic nitrogens is 2. The van der Waals surface area contributed by atoms with Crippen molar-refractivity contribution in [2.24, 2.45) is 0 Å². The maximum absolute atomic E-state index is 11.4. The van der Waals surface area contributed by atoms with Gasteiger partial charge in [-0.2, -0.15) is 0 Å². The van der Waals surface area contributed by atoms with Crippen molar-refractivity contribution in [2.45, 2.75) is 19.4 Å². The molecule has 1 amide bonds. The van der Waals surface area contributed by atoms with E-state index in [0.29, 0.717) is 6.42 Å². The van der Waals surface area contributed by atoms with Crippen molar-refractivity contribution < 1.29 is 9.59 Å². The Balaban J connectivity index is 2.48. The zero-order chi connectivity index (χ0) is 9.42. The van der Waals surface area contributed by atoms with Crippen molar-refractivity contribution in [1.82, 2.24) is 15.3 Å². The molecule has 1 aromatic rings. The standard InChI is InChI=1S/C8H9N3O2/c1-4-2-5(12)6-7(8(13)11-4)10-3-9-6/h3-4H,2H2,1H3,(H,9,10)(H,11,13). The van der Waals surface area contributed by atoms with Gasteiger partial charge in [0.25, 0.3) is 5.91 Å². The van der Waals surface area contributed by atoms with E-state index in [-0.39, 0.29) is 29.1 Å². The van der Waals surface area contributed by atoms with E-state index in [1.54, 1.807) is 6.92 Å². The van der Waals surface area contributed by atoms with E-state index in [1.807, 2.05) is 0 Å². The first-order chi connectivity index (χ1) is 6.18. The number of H-pyrrole nitrogens is 1. The smallest absolute Gasteiger partial charge is 0.270 e. The minimum Gasteiger partial charge on any atom is -0.348 e. The summed E-state index contributed by atoms with van der Waals surface area (Å²) >= 11 is 0. The van der Waals surface area contributed by atoms with E-state index in [9.17, 15) is 9.59 Å². The van der Waals surface area contributed by atoms with Gasteiger partial charge in [-0.05, 0) is 6.92 Å². The number of carbonyl (C=O) groups is 2. The zero-order valence-corrected chi connectivity index (χ0v) is 7.13. The van der Waals surface area contributed by atoms with Crippen LogP contribution in [0.1, 0.15) is 34.3 Å². The third-order valence-electron chi connectivity index (χ3n) is 2.00. The van der Waals surface area contributed by atoms with Crippen LogP contribution in [0.25, 0.3) is 0 Å². The van der Waals surface area contributed by atoms with Gasteiger partial charge < -0.3 is 10.3 Å². The van der Waals surface area contributed by atoms with E-state index >= 15 is 0 Å². The van der Waals surface area contributed by atoms with Crippen LogP contribution in [0.3, 0.4) is 0 Å². The van der Waals surface area contributed by atoms with E-state index in [1.165, 1.54) is 6.33 Å². The SMILES string of the molecule is CC1CC(=O)c2nc[nH]c2C(=O)N1. The molecule has 0 aliphatic carbocycles. The Kier molecular flexibility index (Phi) is 1.65. The maximum atomic E-state index is 11.4. The summed E-state index contributed by atoms with van der Waals surface area (Å²) in [5.41, 5.74) is 0.524. The van der Waals surface area contributed by atoms with Gasteiger partial charge in [-0.15, -0.1) is 0 Å². The van der Waals surface area contributed by atoms with Crippen molar-refractivity contribution >= 4 is 11.7 Å². The van der Waals surface area contributed by atoms with Crippen LogP contribution in [0.15, 0.2) is 6.33 Å². The predicted molar refractivity (Wildman–Crippen MR) is 44.5 cm³/mol. The highest BCUT2D eigenvalue weighted by atomic mass is 16.2. The number of hydrogen-bond acceptors (Lipinski definition) is 3. The van der Waals surface area contributed by atoms with Gasteiger partial charge in [0.1, 0.15) is 11.4 Å². The second kappa shape index (κ2) is 2.69. The average Bonchev–Trinajstić information content (AvgIpc) is 2.47. The van der Waals surface area contributed by atoms with Crippen molar-refractivity contribution in [2.75, 3.05) is 0 Å². The minimum atomic E-state index is -0.258. The van der Waals surface area contributed by atoms with Gasteiger partial charge in [-0.3, -0.25) is 9.59 Å². The summed E-state index contributed by atoms with van der Waals surface area (Å²) < 4.78 is 0. The average molecular weight is 179 g/mol. The van der Waals surface area contributed by atoms with Crippen molar-refractivity contribution in [3.05, 3.63) is 17.7 Å². The Hall–Kier alpha value is -1.65. The molecule has 0 fully saturated rings. The van der Waals surface area contributed by atoms with Crippen LogP contribution in [-0.2, 0) is 0 Å². The highest BCUT2D eigenvalue weighted by Crippen LogP contribution is 2.12. The van der Waals surface area contributed by atoms with Crippen LogP contribution >= 0.6 is 0 Å². The Morgan fingerprint density at radius 2 is 2.31 bits per heavy atom. The van der Waals surface area contributed by atoms with E-state index in [4.69, 9.17) is 0 Å². The third-order valence-corrected chi connectivity index (χ3v) is 2.00. The molecule has 5 heteroatoms. The molecule has 2 N–H and O–H groups in total. The molecule has 1 aromatic heterocycles. The maximum Gasteiger partial charge on any atom is 0.270 e. The highest BCUT2D eigenvalue weighted by molar-refractivity contribution is 6.07.